The summed E-state index contributed by atoms with van der Waals surface area (Å²) in [5, 5.41) is 0.268. The molecule has 3 aromatic carbocycles. The molecule has 46 heavy (non-hydrogen) atoms. The Balaban J connectivity index is 1.42. The van der Waals surface area contributed by atoms with Gasteiger partial charge in [-0.15, -0.1) is 0 Å². The first-order valence-electron chi connectivity index (χ1n) is 15.7. The van der Waals surface area contributed by atoms with E-state index in [1.54, 1.807) is 30.3 Å². The van der Waals surface area contributed by atoms with Gasteiger partial charge in [-0.25, -0.2) is 9.59 Å². The van der Waals surface area contributed by atoms with Crippen LogP contribution < -0.4 is 9.47 Å². The number of benzene rings is 3. The minimum Gasteiger partial charge on any atom is -0.490 e. The summed E-state index contributed by atoms with van der Waals surface area (Å²) in [5.41, 5.74) is 3.09. The molecular formula is C37H43ClO8. The van der Waals surface area contributed by atoms with Crippen molar-refractivity contribution in [3.63, 3.8) is 0 Å². The fourth-order valence-electron chi connectivity index (χ4n) is 4.15. The number of carbonyl (C=O) groups excluding carboxylic acids is 3. The second-order valence-electron chi connectivity index (χ2n) is 10.7. The molecule has 0 aliphatic rings. The van der Waals surface area contributed by atoms with Crippen LogP contribution in [0.4, 0.5) is 0 Å². The van der Waals surface area contributed by atoms with Crippen LogP contribution in [0.15, 0.2) is 72.8 Å². The molecule has 0 spiro atoms. The number of hydrogen-bond donors (Lipinski definition) is 0. The zero-order valence-corrected chi connectivity index (χ0v) is 27.6. The van der Waals surface area contributed by atoms with Gasteiger partial charge in [0.1, 0.15) is 24.7 Å². The van der Waals surface area contributed by atoms with Gasteiger partial charge in [-0.3, -0.25) is 4.79 Å². The summed E-state index contributed by atoms with van der Waals surface area (Å²) >= 11 is 6.33. The molecule has 1 unspecified atom stereocenters. The molecular weight excluding hydrogens is 608 g/mol. The van der Waals surface area contributed by atoms with Crippen LogP contribution in [0.25, 0.3) is 17.2 Å². The summed E-state index contributed by atoms with van der Waals surface area (Å²) in [6, 6.07) is 19.6. The fraction of sp³-hybridized carbons (Fsp3) is 0.378. The predicted octanol–water partition coefficient (Wildman–Crippen LogP) is 8.35. The Hall–Kier alpha value is -4.14. The molecule has 1 atom stereocenters. The van der Waals surface area contributed by atoms with Crippen molar-refractivity contribution in [2.45, 2.75) is 52.9 Å². The Morgan fingerprint density at radius 1 is 0.783 bits per heavy atom. The predicted molar refractivity (Wildman–Crippen MR) is 179 cm³/mol. The molecule has 0 aliphatic carbocycles. The van der Waals surface area contributed by atoms with Crippen molar-refractivity contribution in [1.82, 2.24) is 0 Å². The quantitative estimate of drug-likeness (QED) is 0.0553. The first-order valence-corrected chi connectivity index (χ1v) is 16.1. The van der Waals surface area contributed by atoms with E-state index in [1.165, 1.54) is 12.1 Å². The highest BCUT2D eigenvalue weighted by atomic mass is 35.5. The molecule has 0 amide bonds. The minimum atomic E-state index is -0.549. The smallest absolute Gasteiger partial charge is 0.343 e. The first kappa shape index (κ1) is 36.3. The molecule has 3 rings (SSSR count). The number of unbranched alkanes of at least 4 members (excludes halogenated alkanes) is 3. The fourth-order valence-corrected chi connectivity index (χ4v) is 4.38. The average Bonchev–Trinajstić information content (AvgIpc) is 3.07. The summed E-state index contributed by atoms with van der Waals surface area (Å²) in [5.74, 6) is -0.439. The van der Waals surface area contributed by atoms with Gasteiger partial charge < -0.3 is 23.7 Å². The molecule has 9 heteroatoms. The van der Waals surface area contributed by atoms with Gasteiger partial charge in [0.25, 0.3) is 0 Å². The van der Waals surface area contributed by atoms with Crippen LogP contribution >= 0.6 is 11.6 Å². The molecule has 0 aromatic heterocycles. The summed E-state index contributed by atoms with van der Waals surface area (Å²) in [6.07, 6.45) is 8.16. The molecule has 0 saturated heterocycles. The van der Waals surface area contributed by atoms with Crippen molar-refractivity contribution in [1.29, 1.82) is 0 Å². The van der Waals surface area contributed by atoms with Gasteiger partial charge in [-0.1, -0.05) is 88.0 Å². The molecule has 0 N–H and O–H groups in total. The number of rotatable bonds is 19. The van der Waals surface area contributed by atoms with Crippen molar-refractivity contribution in [2.75, 3.05) is 33.0 Å². The second-order valence-corrected chi connectivity index (χ2v) is 11.1. The largest absolute Gasteiger partial charge is 0.490 e. The van der Waals surface area contributed by atoms with Gasteiger partial charge in [0.05, 0.1) is 36.3 Å². The number of halogens is 1. The second kappa shape index (κ2) is 20.1. The molecule has 3 aromatic rings. The summed E-state index contributed by atoms with van der Waals surface area (Å²) in [7, 11) is 0. The Morgan fingerprint density at radius 2 is 1.48 bits per heavy atom. The maximum atomic E-state index is 12.7. The van der Waals surface area contributed by atoms with Crippen molar-refractivity contribution < 1.29 is 38.1 Å². The average molecular weight is 651 g/mol. The van der Waals surface area contributed by atoms with Crippen molar-refractivity contribution in [2.24, 2.45) is 5.92 Å². The van der Waals surface area contributed by atoms with Crippen LogP contribution in [-0.2, 0) is 23.8 Å². The van der Waals surface area contributed by atoms with Gasteiger partial charge in [0, 0.05) is 6.08 Å². The summed E-state index contributed by atoms with van der Waals surface area (Å²) < 4.78 is 27.0. The van der Waals surface area contributed by atoms with E-state index in [2.05, 4.69) is 6.92 Å². The van der Waals surface area contributed by atoms with Gasteiger partial charge in [0.2, 0.25) is 0 Å². The van der Waals surface area contributed by atoms with E-state index in [1.807, 2.05) is 50.2 Å². The lowest BCUT2D eigenvalue weighted by Gasteiger charge is -2.11. The van der Waals surface area contributed by atoms with Crippen molar-refractivity contribution in [3.05, 3.63) is 89.0 Å². The molecule has 0 fully saturated rings. The summed E-state index contributed by atoms with van der Waals surface area (Å²) in [6.45, 7) is 7.33. The SMILES string of the molecule is CCCCCCOC(=O)C=Cc1ccc(-c2ccc(OC(=O)c3ccc(OCCOCCOC(=O)C(C)CC)c(Cl)c3)cc2)cc1. The lowest BCUT2D eigenvalue weighted by molar-refractivity contribution is -0.149. The highest BCUT2D eigenvalue weighted by Gasteiger charge is 2.13. The van der Waals surface area contributed by atoms with Crippen molar-refractivity contribution in [3.8, 4) is 22.6 Å². The van der Waals surface area contributed by atoms with Crippen LogP contribution in [0, 0.1) is 5.92 Å². The van der Waals surface area contributed by atoms with E-state index < -0.39 is 5.97 Å². The normalized spacial score (nSPS) is 11.7. The summed E-state index contributed by atoms with van der Waals surface area (Å²) in [4.78, 5) is 36.3. The van der Waals surface area contributed by atoms with Gasteiger partial charge in [0.15, 0.2) is 0 Å². The third-order valence-electron chi connectivity index (χ3n) is 7.10. The molecule has 246 valence electrons. The van der Waals surface area contributed by atoms with Crippen molar-refractivity contribution >= 4 is 35.6 Å². The van der Waals surface area contributed by atoms with E-state index in [0.29, 0.717) is 18.1 Å². The molecule has 0 radical (unpaired) electrons. The van der Waals surface area contributed by atoms with Crippen LogP contribution in [0.5, 0.6) is 11.5 Å². The molecule has 0 heterocycles. The third kappa shape index (κ3) is 12.7. The van der Waals surface area contributed by atoms with Gasteiger partial charge in [-0.2, -0.15) is 0 Å². The monoisotopic (exact) mass is 650 g/mol. The molecule has 0 saturated carbocycles. The van der Waals surface area contributed by atoms with Crippen LogP contribution in [-0.4, -0.2) is 50.9 Å². The van der Waals surface area contributed by atoms with E-state index in [0.717, 1.165) is 48.8 Å². The Morgan fingerprint density at radius 3 is 2.15 bits per heavy atom. The Labute approximate surface area is 276 Å². The maximum Gasteiger partial charge on any atom is 0.343 e. The number of hydrogen-bond acceptors (Lipinski definition) is 8. The van der Waals surface area contributed by atoms with Crippen LogP contribution in [0.1, 0.15) is 68.8 Å². The van der Waals surface area contributed by atoms with E-state index >= 15 is 0 Å². The number of carbonyl (C=O) groups is 3. The highest BCUT2D eigenvalue weighted by molar-refractivity contribution is 6.32. The Bertz CT molecular complexity index is 1420. The van der Waals surface area contributed by atoms with E-state index in [9.17, 15) is 14.4 Å². The zero-order chi connectivity index (χ0) is 33.1. The highest BCUT2D eigenvalue weighted by Crippen LogP contribution is 2.27. The molecule has 0 aliphatic heterocycles. The topological polar surface area (TPSA) is 97.4 Å². The van der Waals surface area contributed by atoms with Gasteiger partial charge in [-0.05, 0) is 65.9 Å². The third-order valence-corrected chi connectivity index (χ3v) is 7.40. The minimum absolute atomic E-state index is 0.125. The van der Waals surface area contributed by atoms with Crippen LogP contribution in [0.2, 0.25) is 5.02 Å². The maximum absolute atomic E-state index is 12.7. The van der Waals surface area contributed by atoms with E-state index in [-0.39, 0.29) is 54.9 Å². The lowest BCUT2D eigenvalue weighted by Crippen LogP contribution is -2.18. The lowest BCUT2D eigenvalue weighted by atomic mass is 10.0. The van der Waals surface area contributed by atoms with Gasteiger partial charge >= 0.3 is 17.9 Å². The first-order chi connectivity index (χ1) is 22.3. The zero-order valence-electron chi connectivity index (χ0n) is 26.8. The number of ether oxygens (including phenoxy) is 5. The Kier molecular flexibility index (Phi) is 15.9. The molecule has 8 nitrogen and oxygen atoms in total. The van der Waals surface area contributed by atoms with E-state index in [4.69, 9.17) is 35.3 Å². The number of esters is 3. The standard InChI is InChI=1S/C37H43ClO8/c1-4-6-7-8-21-44-35(39)20-11-28-9-12-29(13-10-28)30-14-17-32(18-15-30)46-37(41)31-16-19-34(33(38)26-31)43-24-22-42-23-25-45-36(40)27(3)5-2/h9-20,26-27H,4-8,21-25H2,1-3H3. The van der Waals surface area contributed by atoms with Crippen LogP contribution in [0.3, 0.4) is 0 Å². The molecule has 0 bridgehead atoms.